The van der Waals surface area contributed by atoms with Gasteiger partial charge in [0.05, 0.1) is 5.02 Å². The molecule has 1 amide bonds. The summed E-state index contributed by atoms with van der Waals surface area (Å²) in [5.74, 6) is -0.822. The minimum Gasteiger partial charge on any atom is -0.348 e. The van der Waals surface area contributed by atoms with Crippen LogP contribution in [0.4, 0.5) is 10.1 Å². The molecular formula is C20H15Cl2FN2O3S. The fourth-order valence-electron chi connectivity index (χ4n) is 2.50. The number of carbonyl (C=O) groups is 1. The van der Waals surface area contributed by atoms with Crippen molar-refractivity contribution in [3.8, 4) is 0 Å². The van der Waals surface area contributed by atoms with Crippen LogP contribution < -0.4 is 10.0 Å². The van der Waals surface area contributed by atoms with Gasteiger partial charge in [0.1, 0.15) is 10.7 Å². The third-order valence-electron chi connectivity index (χ3n) is 3.98. The van der Waals surface area contributed by atoms with Crippen molar-refractivity contribution < 1.29 is 17.6 Å². The Morgan fingerprint density at radius 2 is 1.66 bits per heavy atom. The lowest BCUT2D eigenvalue weighted by Crippen LogP contribution is -2.23. The highest BCUT2D eigenvalue weighted by Gasteiger charge is 2.19. The Morgan fingerprint density at radius 3 is 2.34 bits per heavy atom. The molecule has 0 fully saturated rings. The minimum absolute atomic E-state index is 0.0334. The molecule has 0 radical (unpaired) electrons. The Bertz CT molecular complexity index is 1150. The molecule has 5 nitrogen and oxygen atoms in total. The lowest BCUT2D eigenvalue weighted by Gasteiger charge is -2.11. The molecule has 29 heavy (non-hydrogen) atoms. The van der Waals surface area contributed by atoms with E-state index in [9.17, 15) is 17.6 Å². The molecule has 2 N–H and O–H groups in total. The van der Waals surface area contributed by atoms with Crippen molar-refractivity contribution in [1.82, 2.24) is 5.32 Å². The standard InChI is InChI=1S/C20H15Cl2FN2O3S/c21-15-7-10-17(22)19(11-15)29(27,28)25-16-8-5-13(6-9-16)20(26)24-12-14-3-1-2-4-18(14)23/h1-11,25H,12H2,(H,24,26). The quantitative estimate of drug-likeness (QED) is 0.560. The van der Waals surface area contributed by atoms with E-state index in [4.69, 9.17) is 23.2 Å². The fourth-order valence-corrected chi connectivity index (χ4v) is 4.32. The average Bonchev–Trinajstić information content (AvgIpc) is 2.69. The average molecular weight is 453 g/mol. The number of sulfonamides is 1. The molecule has 0 aliphatic rings. The van der Waals surface area contributed by atoms with Gasteiger partial charge in [-0.05, 0) is 48.5 Å². The Labute approximate surface area is 177 Å². The van der Waals surface area contributed by atoms with Gasteiger partial charge in [-0.1, -0.05) is 41.4 Å². The number of anilines is 1. The first-order valence-electron chi connectivity index (χ1n) is 8.36. The number of carbonyl (C=O) groups excluding carboxylic acids is 1. The van der Waals surface area contributed by atoms with E-state index in [1.54, 1.807) is 18.2 Å². The SMILES string of the molecule is O=C(NCc1ccccc1F)c1ccc(NS(=O)(=O)c2cc(Cl)ccc2Cl)cc1. The number of nitrogens with one attached hydrogen (secondary N) is 2. The first-order chi connectivity index (χ1) is 13.8. The third kappa shape index (κ3) is 5.26. The number of hydrogen-bond acceptors (Lipinski definition) is 3. The van der Waals surface area contributed by atoms with Gasteiger partial charge in [0.15, 0.2) is 0 Å². The van der Waals surface area contributed by atoms with Gasteiger partial charge in [-0.2, -0.15) is 0 Å². The van der Waals surface area contributed by atoms with Crippen LogP contribution in [0.1, 0.15) is 15.9 Å². The monoisotopic (exact) mass is 452 g/mol. The van der Waals surface area contributed by atoms with Crippen LogP contribution in [-0.2, 0) is 16.6 Å². The van der Waals surface area contributed by atoms with Crippen molar-refractivity contribution in [3.05, 3.63) is 93.7 Å². The number of hydrogen-bond donors (Lipinski definition) is 2. The van der Waals surface area contributed by atoms with E-state index in [1.165, 1.54) is 48.5 Å². The van der Waals surface area contributed by atoms with E-state index in [0.29, 0.717) is 11.1 Å². The molecular weight excluding hydrogens is 438 g/mol. The molecule has 0 spiro atoms. The summed E-state index contributed by atoms with van der Waals surface area (Å²) in [6.45, 7) is 0.0349. The summed E-state index contributed by atoms with van der Waals surface area (Å²) in [6, 6.07) is 16.0. The first kappa shape index (κ1) is 21.1. The Morgan fingerprint density at radius 1 is 0.966 bits per heavy atom. The molecule has 0 aromatic heterocycles. The highest BCUT2D eigenvalue weighted by Crippen LogP contribution is 2.27. The van der Waals surface area contributed by atoms with Gasteiger partial charge in [-0.15, -0.1) is 0 Å². The molecule has 0 bridgehead atoms. The molecule has 3 aromatic rings. The molecule has 3 aromatic carbocycles. The van der Waals surface area contributed by atoms with Crippen LogP contribution in [0.25, 0.3) is 0 Å². The van der Waals surface area contributed by atoms with Gasteiger partial charge < -0.3 is 5.32 Å². The first-order valence-corrected chi connectivity index (χ1v) is 10.6. The molecule has 0 heterocycles. The van der Waals surface area contributed by atoms with E-state index in [2.05, 4.69) is 10.0 Å². The maximum atomic E-state index is 13.6. The molecule has 150 valence electrons. The molecule has 0 saturated carbocycles. The maximum Gasteiger partial charge on any atom is 0.263 e. The van der Waals surface area contributed by atoms with Gasteiger partial charge in [0.2, 0.25) is 0 Å². The van der Waals surface area contributed by atoms with Crippen molar-refractivity contribution in [1.29, 1.82) is 0 Å². The number of benzene rings is 3. The Hall–Kier alpha value is -2.61. The van der Waals surface area contributed by atoms with Gasteiger partial charge in [-0.25, -0.2) is 12.8 Å². The summed E-state index contributed by atoms with van der Waals surface area (Å²) >= 11 is 11.8. The van der Waals surface area contributed by atoms with Crippen LogP contribution in [0.5, 0.6) is 0 Å². The second kappa shape index (κ2) is 8.82. The molecule has 0 atom stereocenters. The number of rotatable bonds is 6. The highest BCUT2D eigenvalue weighted by atomic mass is 35.5. The van der Waals surface area contributed by atoms with Gasteiger partial charge >= 0.3 is 0 Å². The highest BCUT2D eigenvalue weighted by molar-refractivity contribution is 7.92. The smallest absolute Gasteiger partial charge is 0.263 e. The van der Waals surface area contributed by atoms with Crippen molar-refractivity contribution in [2.75, 3.05) is 4.72 Å². The zero-order chi connectivity index (χ0) is 21.0. The topological polar surface area (TPSA) is 75.3 Å². The van der Waals surface area contributed by atoms with Crippen LogP contribution >= 0.6 is 23.2 Å². The van der Waals surface area contributed by atoms with E-state index in [-0.39, 0.29) is 27.2 Å². The summed E-state index contributed by atoms with van der Waals surface area (Å²) in [6.07, 6.45) is 0. The van der Waals surface area contributed by atoms with Crippen molar-refractivity contribution >= 4 is 44.8 Å². The number of amides is 1. The van der Waals surface area contributed by atoms with Crippen LogP contribution in [0.3, 0.4) is 0 Å². The molecule has 9 heteroatoms. The van der Waals surface area contributed by atoms with Crippen LogP contribution in [0.15, 0.2) is 71.6 Å². The fraction of sp³-hybridized carbons (Fsp3) is 0.0500. The molecule has 0 aliphatic carbocycles. The van der Waals surface area contributed by atoms with E-state index >= 15 is 0 Å². The van der Waals surface area contributed by atoms with Crippen molar-refractivity contribution in [2.45, 2.75) is 11.4 Å². The third-order valence-corrected chi connectivity index (χ3v) is 6.08. The summed E-state index contributed by atoms with van der Waals surface area (Å²) in [4.78, 5) is 12.1. The van der Waals surface area contributed by atoms with Crippen LogP contribution in [-0.4, -0.2) is 14.3 Å². The zero-order valence-electron chi connectivity index (χ0n) is 14.8. The molecule has 0 unspecified atom stereocenters. The van der Waals surface area contributed by atoms with Gasteiger partial charge in [-0.3, -0.25) is 9.52 Å². The lowest BCUT2D eigenvalue weighted by atomic mass is 10.1. The number of halogens is 3. The van der Waals surface area contributed by atoms with Crippen molar-refractivity contribution in [2.24, 2.45) is 0 Å². The van der Waals surface area contributed by atoms with E-state index in [1.807, 2.05) is 0 Å². The summed E-state index contributed by atoms with van der Waals surface area (Å²) in [7, 11) is -3.96. The van der Waals surface area contributed by atoms with Gasteiger partial charge in [0.25, 0.3) is 15.9 Å². The molecule has 0 saturated heterocycles. The van der Waals surface area contributed by atoms with E-state index < -0.39 is 21.7 Å². The molecule has 3 rings (SSSR count). The predicted octanol–water partition coefficient (Wildman–Crippen LogP) is 4.86. The Balaban J connectivity index is 1.69. The zero-order valence-corrected chi connectivity index (χ0v) is 17.2. The summed E-state index contributed by atoms with van der Waals surface area (Å²) in [5.41, 5.74) is 0.903. The normalized spacial score (nSPS) is 11.1. The van der Waals surface area contributed by atoms with Crippen LogP contribution in [0.2, 0.25) is 10.0 Å². The maximum absolute atomic E-state index is 13.6. The van der Waals surface area contributed by atoms with Crippen molar-refractivity contribution in [3.63, 3.8) is 0 Å². The van der Waals surface area contributed by atoms with E-state index in [0.717, 1.165) is 0 Å². The second-order valence-corrected chi connectivity index (χ2v) is 8.53. The van der Waals surface area contributed by atoms with Crippen LogP contribution in [0, 0.1) is 5.82 Å². The Kier molecular flexibility index (Phi) is 6.42. The van der Waals surface area contributed by atoms with Gasteiger partial charge in [0, 0.05) is 28.4 Å². The minimum atomic E-state index is -3.96. The second-order valence-electron chi connectivity index (χ2n) is 6.03. The largest absolute Gasteiger partial charge is 0.348 e. The lowest BCUT2D eigenvalue weighted by molar-refractivity contribution is 0.0950. The summed E-state index contributed by atoms with van der Waals surface area (Å²) in [5, 5.41) is 2.88. The predicted molar refractivity (Wildman–Crippen MR) is 111 cm³/mol. The molecule has 0 aliphatic heterocycles. The summed E-state index contributed by atoms with van der Waals surface area (Å²) < 4.78 is 41.0.